The monoisotopic (exact) mass is 286 g/mol. The summed E-state index contributed by atoms with van der Waals surface area (Å²) >= 11 is 0. The molecule has 5 heteroatoms. The average Bonchev–Trinajstić information content (AvgIpc) is 2.99. The zero-order chi connectivity index (χ0) is 14.7. The van der Waals surface area contributed by atoms with Gasteiger partial charge in [-0.25, -0.2) is 0 Å². The van der Waals surface area contributed by atoms with Crippen molar-refractivity contribution in [3.63, 3.8) is 0 Å². The molecule has 0 radical (unpaired) electrons. The van der Waals surface area contributed by atoms with E-state index in [0.29, 0.717) is 5.89 Å². The van der Waals surface area contributed by atoms with Gasteiger partial charge in [0.15, 0.2) is 5.82 Å². The van der Waals surface area contributed by atoms with Gasteiger partial charge in [-0.05, 0) is 25.5 Å². The molecule has 0 amide bonds. The largest absolute Gasteiger partial charge is 0.334 e. The van der Waals surface area contributed by atoms with Crippen molar-refractivity contribution in [1.82, 2.24) is 20.4 Å². The van der Waals surface area contributed by atoms with E-state index in [2.05, 4.69) is 46.3 Å². The lowest BCUT2D eigenvalue weighted by molar-refractivity contribution is 0.160. The van der Waals surface area contributed by atoms with Gasteiger partial charge in [0.2, 0.25) is 0 Å². The summed E-state index contributed by atoms with van der Waals surface area (Å²) in [5.41, 5.74) is 2.19. The van der Waals surface area contributed by atoms with Gasteiger partial charge in [-0.15, -0.1) is 0 Å². The molecule has 3 rings (SSSR count). The van der Waals surface area contributed by atoms with Gasteiger partial charge in [-0.1, -0.05) is 29.8 Å². The van der Waals surface area contributed by atoms with Crippen LogP contribution < -0.4 is 5.32 Å². The maximum atomic E-state index is 5.48. The fraction of sp³-hybridized carbons (Fsp3) is 0.500. The molecule has 21 heavy (non-hydrogen) atoms. The molecular weight excluding hydrogens is 264 g/mol. The highest BCUT2D eigenvalue weighted by Crippen LogP contribution is 2.25. The van der Waals surface area contributed by atoms with Crippen LogP contribution in [0.4, 0.5) is 0 Å². The number of aryl methyl sites for hydroxylation is 1. The minimum absolute atomic E-state index is 0.245. The molecule has 1 aromatic heterocycles. The van der Waals surface area contributed by atoms with Crippen molar-refractivity contribution < 1.29 is 4.52 Å². The Hall–Kier alpha value is -1.72. The van der Waals surface area contributed by atoms with Crippen LogP contribution in [0.15, 0.2) is 28.8 Å². The van der Waals surface area contributed by atoms with Crippen molar-refractivity contribution in [2.45, 2.75) is 26.3 Å². The summed E-state index contributed by atoms with van der Waals surface area (Å²) in [5.74, 6) is 1.41. The third-order valence-electron chi connectivity index (χ3n) is 3.98. The molecule has 0 bridgehead atoms. The van der Waals surface area contributed by atoms with Crippen LogP contribution in [0.2, 0.25) is 0 Å². The number of piperazine rings is 1. The Morgan fingerprint density at radius 2 is 2.14 bits per heavy atom. The zero-order valence-electron chi connectivity index (χ0n) is 12.7. The van der Waals surface area contributed by atoms with Crippen molar-refractivity contribution in [3.8, 4) is 11.5 Å². The summed E-state index contributed by atoms with van der Waals surface area (Å²) in [6, 6.07) is 8.41. The SMILES string of the molecule is CCC(c1noc(-c2cccc(C)c2)n1)N1CCNCC1. The van der Waals surface area contributed by atoms with Crippen LogP contribution in [-0.4, -0.2) is 41.2 Å². The second kappa shape index (κ2) is 6.37. The van der Waals surface area contributed by atoms with Crippen molar-refractivity contribution in [2.75, 3.05) is 26.2 Å². The predicted molar refractivity (Wildman–Crippen MR) is 81.9 cm³/mol. The van der Waals surface area contributed by atoms with Gasteiger partial charge in [0.05, 0.1) is 6.04 Å². The summed E-state index contributed by atoms with van der Waals surface area (Å²) in [5, 5.41) is 7.60. The summed E-state index contributed by atoms with van der Waals surface area (Å²) in [7, 11) is 0. The molecule has 1 unspecified atom stereocenters. The molecule has 1 fully saturated rings. The first-order valence-corrected chi connectivity index (χ1v) is 7.63. The fourth-order valence-electron chi connectivity index (χ4n) is 2.86. The van der Waals surface area contributed by atoms with E-state index in [1.165, 1.54) is 5.56 Å². The minimum Gasteiger partial charge on any atom is -0.334 e. The van der Waals surface area contributed by atoms with Gasteiger partial charge < -0.3 is 9.84 Å². The summed E-state index contributed by atoms with van der Waals surface area (Å²) in [6.45, 7) is 8.36. The molecule has 1 aromatic carbocycles. The minimum atomic E-state index is 0.245. The number of nitrogens with one attached hydrogen (secondary N) is 1. The summed E-state index contributed by atoms with van der Waals surface area (Å²) < 4.78 is 5.48. The first-order chi connectivity index (χ1) is 10.3. The molecule has 2 aromatic rings. The molecule has 1 saturated heterocycles. The number of aromatic nitrogens is 2. The quantitative estimate of drug-likeness (QED) is 0.935. The third-order valence-corrected chi connectivity index (χ3v) is 3.98. The first-order valence-electron chi connectivity index (χ1n) is 7.63. The third kappa shape index (κ3) is 3.14. The van der Waals surface area contributed by atoms with Gasteiger partial charge in [0.25, 0.3) is 5.89 Å². The Labute approximate surface area is 125 Å². The molecule has 1 aliphatic heterocycles. The lowest BCUT2D eigenvalue weighted by Crippen LogP contribution is -2.45. The maximum Gasteiger partial charge on any atom is 0.257 e. The lowest BCUT2D eigenvalue weighted by atomic mass is 10.1. The maximum absolute atomic E-state index is 5.48. The van der Waals surface area contributed by atoms with Crippen molar-refractivity contribution in [1.29, 1.82) is 0 Å². The van der Waals surface area contributed by atoms with E-state index in [-0.39, 0.29) is 6.04 Å². The Morgan fingerprint density at radius 3 is 2.86 bits per heavy atom. The average molecular weight is 286 g/mol. The van der Waals surface area contributed by atoms with E-state index in [0.717, 1.165) is 44.0 Å². The first kappa shape index (κ1) is 14.2. The van der Waals surface area contributed by atoms with Crippen molar-refractivity contribution in [2.24, 2.45) is 0 Å². The zero-order valence-corrected chi connectivity index (χ0v) is 12.7. The van der Waals surface area contributed by atoms with Gasteiger partial charge >= 0.3 is 0 Å². The second-order valence-corrected chi connectivity index (χ2v) is 5.54. The fourth-order valence-corrected chi connectivity index (χ4v) is 2.86. The Morgan fingerprint density at radius 1 is 1.33 bits per heavy atom. The molecule has 0 saturated carbocycles. The van der Waals surface area contributed by atoms with Crippen LogP contribution in [0.5, 0.6) is 0 Å². The molecule has 5 nitrogen and oxygen atoms in total. The highest BCUT2D eigenvalue weighted by molar-refractivity contribution is 5.53. The Bertz CT molecular complexity index is 589. The molecule has 1 atom stereocenters. The van der Waals surface area contributed by atoms with Crippen LogP contribution in [0, 0.1) is 6.92 Å². The number of hydrogen-bond donors (Lipinski definition) is 1. The predicted octanol–water partition coefficient (Wildman–Crippen LogP) is 2.40. The molecule has 112 valence electrons. The van der Waals surface area contributed by atoms with Gasteiger partial charge in [-0.2, -0.15) is 4.98 Å². The molecule has 1 aliphatic rings. The summed E-state index contributed by atoms with van der Waals surface area (Å²) in [6.07, 6.45) is 0.993. The number of hydrogen-bond acceptors (Lipinski definition) is 5. The smallest absolute Gasteiger partial charge is 0.257 e. The normalized spacial score (nSPS) is 17.8. The Balaban J connectivity index is 1.82. The van der Waals surface area contributed by atoms with E-state index in [4.69, 9.17) is 4.52 Å². The van der Waals surface area contributed by atoms with Crippen molar-refractivity contribution in [3.05, 3.63) is 35.7 Å². The molecular formula is C16H22N4O. The highest BCUT2D eigenvalue weighted by atomic mass is 16.5. The van der Waals surface area contributed by atoms with Crippen LogP contribution in [0.25, 0.3) is 11.5 Å². The van der Waals surface area contributed by atoms with Gasteiger partial charge in [0, 0.05) is 31.7 Å². The molecule has 0 spiro atoms. The van der Waals surface area contributed by atoms with Crippen LogP contribution in [-0.2, 0) is 0 Å². The van der Waals surface area contributed by atoms with E-state index in [1.54, 1.807) is 0 Å². The van der Waals surface area contributed by atoms with E-state index in [9.17, 15) is 0 Å². The summed E-state index contributed by atoms with van der Waals surface area (Å²) in [4.78, 5) is 7.06. The number of rotatable bonds is 4. The second-order valence-electron chi connectivity index (χ2n) is 5.54. The van der Waals surface area contributed by atoms with Crippen LogP contribution >= 0.6 is 0 Å². The standard InChI is InChI=1S/C16H22N4O/c1-3-14(20-9-7-17-8-10-20)15-18-16(21-19-15)13-6-4-5-12(2)11-13/h4-6,11,14,17H,3,7-10H2,1-2H3. The van der Waals surface area contributed by atoms with Crippen LogP contribution in [0.1, 0.15) is 30.8 Å². The Kier molecular flexibility index (Phi) is 4.31. The van der Waals surface area contributed by atoms with Crippen LogP contribution in [0.3, 0.4) is 0 Å². The number of nitrogens with zero attached hydrogens (tertiary/aromatic N) is 3. The van der Waals surface area contributed by atoms with E-state index >= 15 is 0 Å². The molecule has 2 heterocycles. The number of benzene rings is 1. The molecule has 1 N–H and O–H groups in total. The van der Waals surface area contributed by atoms with E-state index < -0.39 is 0 Å². The highest BCUT2D eigenvalue weighted by Gasteiger charge is 2.25. The topological polar surface area (TPSA) is 54.2 Å². The van der Waals surface area contributed by atoms with Crippen molar-refractivity contribution >= 4 is 0 Å². The molecule has 0 aliphatic carbocycles. The van der Waals surface area contributed by atoms with Gasteiger partial charge in [0.1, 0.15) is 0 Å². The van der Waals surface area contributed by atoms with Gasteiger partial charge in [-0.3, -0.25) is 4.90 Å². The van der Waals surface area contributed by atoms with E-state index in [1.807, 2.05) is 12.1 Å². The lowest BCUT2D eigenvalue weighted by Gasteiger charge is -2.32.